The number of carbonyl (C=O) groups is 1. The van der Waals surface area contributed by atoms with Crippen LogP contribution in [0.5, 0.6) is 0 Å². The summed E-state index contributed by atoms with van der Waals surface area (Å²) in [6.07, 6.45) is 2.68. The van der Waals surface area contributed by atoms with Gasteiger partial charge in [0.15, 0.2) is 0 Å². The first-order valence-corrected chi connectivity index (χ1v) is 6.25. The van der Waals surface area contributed by atoms with Gasteiger partial charge < -0.3 is 11.1 Å². The highest BCUT2D eigenvalue weighted by Crippen LogP contribution is 2.25. The number of nitrogens with two attached hydrogens (primary N) is 1. The maximum absolute atomic E-state index is 12.0. The molecule has 1 saturated carbocycles. The summed E-state index contributed by atoms with van der Waals surface area (Å²) in [5.41, 5.74) is 6.51. The summed E-state index contributed by atoms with van der Waals surface area (Å²) in [6, 6.07) is 6.95. The first kappa shape index (κ1) is 12.7. The summed E-state index contributed by atoms with van der Waals surface area (Å²) < 4.78 is 0. The van der Waals surface area contributed by atoms with Crippen molar-refractivity contribution < 1.29 is 4.79 Å². The van der Waals surface area contributed by atoms with Crippen molar-refractivity contribution in [2.75, 3.05) is 5.73 Å². The molecule has 5 heteroatoms. The van der Waals surface area contributed by atoms with Crippen molar-refractivity contribution in [1.29, 1.82) is 5.26 Å². The number of halogens is 1. The molecule has 1 aromatic rings. The molecule has 3 N–H and O–H groups in total. The minimum absolute atomic E-state index is 0.0566. The van der Waals surface area contributed by atoms with Gasteiger partial charge in [0.2, 0.25) is 0 Å². The number of amides is 1. The van der Waals surface area contributed by atoms with Crippen LogP contribution in [0.3, 0.4) is 0 Å². The molecule has 2 rings (SSSR count). The maximum Gasteiger partial charge on any atom is 0.251 e. The Bertz CT molecular complexity index is 509. The number of benzene rings is 1. The molecule has 0 bridgehead atoms. The Hall–Kier alpha value is -1.73. The molecule has 1 aliphatic carbocycles. The molecule has 18 heavy (non-hydrogen) atoms. The van der Waals surface area contributed by atoms with Crippen LogP contribution in [0.1, 0.15) is 29.6 Å². The maximum atomic E-state index is 12.0. The van der Waals surface area contributed by atoms with E-state index in [4.69, 9.17) is 22.6 Å². The van der Waals surface area contributed by atoms with Gasteiger partial charge in [0.05, 0.1) is 22.7 Å². The molecule has 0 heterocycles. The molecule has 94 valence electrons. The average molecular weight is 264 g/mol. The molecular weight excluding hydrogens is 250 g/mol. The van der Waals surface area contributed by atoms with Crippen molar-refractivity contribution in [3.05, 3.63) is 28.8 Å². The van der Waals surface area contributed by atoms with Gasteiger partial charge in [-0.1, -0.05) is 11.6 Å². The second kappa shape index (κ2) is 5.28. The van der Waals surface area contributed by atoms with Crippen molar-refractivity contribution in [1.82, 2.24) is 5.32 Å². The van der Waals surface area contributed by atoms with Gasteiger partial charge in [-0.25, -0.2) is 0 Å². The zero-order valence-electron chi connectivity index (χ0n) is 9.82. The summed E-state index contributed by atoms with van der Waals surface area (Å²) in [5, 5.41) is 12.2. The first-order chi connectivity index (χ1) is 8.61. The standard InChI is InChI=1S/C13H14ClN3O/c14-10-6-8(4-5-11(10)16)13(18)17-12-3-1-2-9(12)7-15/h4-6,9,12H,1-3,16H2,(H,17,18). The van der Waals surface area contributed by atoms with Gasteiger partial charge >= 0.3 is 0 Å². The molecule has 1 fully saturated rings. The molecule has 0 radical (unpaired) electrons. The number of nitrogen functional groups attached to an aromatic ring is 1. The van der Waals surface area contributed by atoms with Crippen LogP contribution in [0.15, 0.2) is 18.2 Å². The summed E-state index contributed by atoms with van der Waals surface area (Å²) in [4.78, 5) is 12.0. The fraction of sp³-hybridized carbons (Fsp3) is 0.385. The van der Waals surface area contributed by atoms with Gasteiger partial charge in [-0.2, -0.15) is 5.26 Å². The number of nitriles is 1. The van der Waals surface area contributed by atoms with Gasteiger partial charge in [0, 0.05) is 11.6 Å². The lowest BCUT2D eigenvalue weighted by atomic mass is 10.1. The Labute approximate surface area is 111 Å². The number of rotatable bonds is 2. The van der Waals surface area contributed by atoms with E-state index in [1.54, 1.807) is 18.2 Å². The highest BCUT2D eigenvalue weighted by atomic mass is 35.5. The van der Waals surface area contributed by atoms with Crippen molar-refractivity contribution in [2.24, 2.45) is 5.92 Å². The smallest absolute Gasteiger partial charge is 0.251 e. The van der Waals surface area contributed by atoms with Crippen LogP contribution >= 0.6 is 11.6 Å². The number of nitrogens with one attached hydrogen (secondary N) is 1. The number of nitrogens with zero attached hydrogens (tertiary/aromatic N) is 1. The van der Waals surface area contributed by atoms with E-state index in [9.17, 15) is 4.79 Å². The minimum atomic E-state index is -0.205. The van der Waals surface area contributed by atoms with E-state index in [1.807, 2.05) is 0 Å². The van der Waals surface area contributed by atoms with Crippen molar-refractivity contribution in [3.63, 3.8) is 0 Å². The fourth-order valence-corrected chi connectivity index (χ4v) is 2.39. The molecule has 0 saturated heterocycles. The molecule has 0 aromatic heterocycles. The third kappa shape index (κ3) is 2.57. The van der Waals surface area contributed by atoms with Crippen LogP contribution in [-0.4, -0.2) is 11.9 Å². The Morgan fingerprint density at radius 2 is 2.28 bits per heavy atom. The lowest BCUT2D eigenvalue weighted by molar-refractivity contribution is 0.0933. The van der Waals surface area contributed by atoms with Crippen LogP contribution in [0.2, 0.25) is 5.02 Å². The fourth-order valence-electron chi connectivity index (χ4n) is 2.21. The lowest BCUT2D eigenvalue weighted by Crippen LogP contribution is -2.36. The second-order valence-electron chi connectivity index (χ2n) is 4.48. The molecule has 1 aromatic carbocycles. The third-order valence-corrected chi connectivity index (χ3v) is 3.59. The second-order valence-corrected chi connectivity index (χ2v) is 4.89. The number of anilines is 1. The first-order valence-electron chi connectivity index (χ1n) is 5.87. The Balaban J connectivity index is 2.08. The van der Waals surface area contributed by atoms with E-state index in [0.29, 0.717) is 16.3 Å². The SMILES string of the molecule is N#CC1CCCC1NC(=O)c1ccc(N)c(Cl)c1. The summed E-state index contributed by atoms with van der Waals surface area (Å²) >= 11 is 5.87. The van der Waals surface area contributed by atoms with Crippen LogP contribution < -0.4 is 11.1 Å². The van der Waals surface area contributed by atoms with E-state index < -0.39 is 0 Å². The largest absolute Gasteiger partial charge is 0.398 e. The topological polar surface area (TPSA) is 78.9 Å². The molecule has 2 atom stereocenters. The predicted molar refractivity (Wildman–Crippen MR) is 70.1 cm³/mol. The average Bonchev–Trinajstić information content (AvgIpc) is 2.79. The summed E-state index contributed by atoms with van der Waals surface area (Å²) in [7, 11) is 0. The molecule has 0 spiro atoms. The van der Waals surface area contributed by atoms with Crippen molar-refractivity contribution in [2.45, 2.75) is 25.3 Å². The van der Waals surface area contributed by atoms with Crippen molar-refractivity contribution in [3.8, 4) is 6.07 Å². The number of hydrogen-bond acceptors (Lipinski definition) is 3. The Morgan fingerprint density at radius 1 is 1.50 bits per heavy atom. The Morgan fingerprint density at radius 3 is 2.94 bits per heavy atom. The molecule has 1 aliphatic rings. The lowest BCUT2D eigenvalue weighted by Gasteiger charge is -2.15. The molecule has 2 unspecified atom stereocenters. The van der Waals surface area contributed by atoms with Crippen LogP contribution in [0.25, 0.3) is 0 Å². The van der Waals surface area contributed by atoms with Gasteiger partial charge in [-0.15, -0.1) is 0 Å². The monoisotopic (exact) mass is 263 g/mol. The van der Waals surface area contributed by atoms with Gasteiger partial charge in [0.25, 0.3) is 5.91 Å². The van der Waals surface area contributed by atoms with Crippen LogP contribution in [0, 0.1) is 17.2 Å². The highest BCUT2D eigenvalue weighted by molar-refractivity contribution is 6.33. The normalized spacial score (nSPS) is 22.4. The number of hydrogen-bond donors (Lipinski definition) is 2. The van der Waals surface area contributed by atoms with Crippen LogP contribution in [0.4, 0.5) is 5.69 Å². The van der Waals surface area contributed by atoms with Gasteiger partial charge in [-0.05, 0) is 37.5 Å². The van der Waals surface area contributed by atoms with E-state index >= 15 is 0 Å². The van der Waals surface area contributed by atoms with Crippen molar-refractivity contribution >= 4 is 23.2 Å². The quantitative estimate of drug-likeness (QED) is 0.804. The predicted octanol–water partition coefficient (Wildman–Crippen LogP) is 2.34. The molecule has 0 aliphatic heterocycles. The van der Waals surface area contributed by atoms with Gasteiger partial charge in [0.1, 0.15) is 0 Å². The third-order valence-electron chi connectivity index (χ3n) is 3.26. The summed E-state index contributed by atoms with van der Waals surface area (Å²) in [6.45, 7) is 0. The van der Waals surface area contributed by atoms with Gasteiger partial charge in [-0.3, -0.25) is 4.79 Å². The number of carbonyl (C=O) groups excluding carboxylic acids is 1. The molecule has 4 nitrogen and oxygen atoms in total. The summed E-state index contributed by atoms with van der Waals surface area (Å²) in [5.74, 6) is -0.290. The molecule has 1 amide bonds. The van der Waals surface area contributed by atoms with E-state index in [2.05, 4.69) is 11.4 Å². The highest BCUT2D eigenvalue weighted by Gasteiger charge is 2.28. The van der Waals surface area contributed by atoms with E-state index in [1.165, 1.54) is 0 Å². The molecular formula is C13H14ClN3O. The van der Waals surface area contributed by atoms with E-state index in [-0.39, 0.29) is 17.9 Å². The van der Waals surface area contributed by atoms with E-state index in [0.717, 1.165) is 19.3 Å². The van der Waals surface area contributed by atoms with Crippen LogP contribution in [-0.2, 0) is 0 Å². The Kier molecular flexibility index (Phi) is 3.73. The zero-order chi connectivity index (χ0) is 13.1. The zero-order valence-corrected chi connectivity index (χ0v) is 10.6. The minimum Gasteiger partial charge on any atom is -0.398 e.